The third-order valence-electron chi connectivity index (χ3n) is 4.26. The molecule has 7 nitrogen and oxygen atoms in total. The first-order chi connectivity index (χ1) is 13.7. The van der Waals surface area contributed by atoms with Crippen molar-refractivity contribution in [3.63, 3.8) is 0 Å². The van der Waals surface area contributed by atoms with Crippen molar-refractivity contribution in [3.8, 4) is 17.5 Å². The van der Waals surface area contributed by atoms with Gasteiger partial charge in [-0.25, -0.2) is 0 Å². The highest BCUT2D eigenvalue weighted by Gasteiger charge is 2.16. The van der Waals surface area contributed by atoms with Gasteiger partial charge < -0.3 is 9.42 Å². The van der Waals surface area contributed by atoms with Gasteiger partial charge in [0.2, 0.25) is 17.6 Å². The molecule has 0 bridgehead atoms. The monoisotopic (exact) mass is 375 g/mol. The highest BCUT2D eigenvalue weighted by Crippen LogP contribution is 2.15. The number of hydrogen-bond acceptors (Lipinski definition) is 6. The molecule has 0 radical (unpaired) electrons. The van der Waals surface area contributed by atoms with E-state index in [0.717, 1.165) is 17.5 Å². The first kappa shape index (κ1) is 19.2. The summed E-state index contributed by atoms with van der Waals surface area (Å²) in [4.78, 5) is 22.8. The predicted molar refractivity (Wildman–Crippen MR) is 103 cm³/mol. The largest absolute Gasteiger partial charge is 0.339 e. The smallest absolute Gasteiger partial charge is 0.227 e. The van der Waals surface area contributed by atoms with E-state index < -0.39 is 0 Å². The summed E-state index contributed by atoms with van der Waals surface area (Å²) in [6.07, 6.45) is 4.90. The van der Waals surface area contributed by atoms with Crippen LogP contribution in [0.4, 0.5) is 0 Å². The number of benzene rings is 1. The second kappa shape index (κ2) is 9.42. The van der Waals surface area contributed by atoms with E-state index in [4.69, 9.17) is 9.78 Å². The van der Waals surface area contributed by atoms with Gasteiger partial charge in [0.1, 0.15) is 0 Å². The van der Waals surface area contributed by atoms with Crippen molar-refractivity contribution in [3.05, 3.63) is 65.8 Å². The summed E-state index contributed by atoms with van der Waals surface area (Å²) in [7, 11) is 0. The van der Waals surface area contributed by atoms with E-state index >= 15 is 0 Å². The van der Waals surface area contributed by atoms with Crippen LogP contribution >= 0.6 is 0 Å². The summed E-state index contributed by atoms with van der Waals surface area (Å²) < 4.78 is 5.27. The molecule has 0 saturated carbocycles. The van der Waals surface area contributed by atoms with Gasteiger partial charge in [-0.05, 0) is 36.2 Å². The molecular weight excluding hydrogens is 354 g/mol. The van der Waals surface area contributed by atoms with E-state index in [0.29, 0.717) is 43.2 Å². The lowest BCUT2D eigenvalue weighted by atomic mass is 10.1. The summed E-state index contributed by atoms with van der Waals surface area (Å²) >= 11 is 0. The number of hydrogen-bond donors (Lipinski definition) is 0. The zero-order valence-corrected chi connectivity index (χ0v) is 15.7. The van der Waals surface area contributed by atoms with E-state index in [2.05, 4.69) is 21.2 Å². The van der Waals surface area contributed by atoms with Crippen LogP contribution in [0.25, 0.3) is 11.4 Å². The zero-order valence-electron chi connectivity index (χ0n) is 15.7. The molecular formula is C21H21N5O2. The van der Waals surface area contributed by atoms with E-state index in [-0.39, 0.29) is 5.91 Å². The number of carbonyl (C=O) groups excluding carboxylic acids is 1. The molecule has 0 unspecified atom stereocenters. The van der Waals surface area contributed by atoms with Gasteiger partial charge in [-0.15, -0.1) is 0 Å². The standard InChI is InChI=1S/C21H21N5O2/c1-2-13-26(15-17-5-3-16(14-22)4-6-17)20(27)8-7-19-24-21(25-28-19)18-9-11-23-12-10-18/h3-6,9-12H,2,7-8,13,15H2,1H3. The van der Waals surface area contributed by atoms with Crippen LogP contribution < -0.4 is 0 Å². The van der Waals surface area contributed by atoms with Crippen molar-refractivity contribution in [1.82, 2.24) is 20.0 Å². The van der Waals surface area contributed by atoms with Crippen LogP contribution in [-0.2, 0) is 17.8 Å². The van der Waals surface area contributed by atoms with E-state index in [1.165, 1.54) is 0 Å². The Balaban J connectivity index is 1.59. The Bertz CT molecular complexity index is 945. The average Bonchev–Trinajstić information content (AvgIpc) is 3.22. The molecule has 142 valence electrons. The third-order valence-corrected chi connectivity index (χ3v) is 4.26. The van der Waals surface area contributed by atoms with Crippen LogP contribution in [0.2, 0.25) is 0 Å². The van der Waals surface area contributed by atoms with Crippen molar-refractivity contribution >= 4 is 5.91 Å². The van der Waals surface area contributed by atoms with Gasteiger partial charge in [0.15, 0.2) is 0 Å². The number of pyridine rings is 1. The summed E-state index contributed by atoms with van der Waals surface area (Å²) in [5, 5.41) is 12.9. The minimum atomic E-state index is 0.0369. The molecule has 0 aliphatic carbocycles. The topological polar surface area (TPSA) is 95.9 Å². The maximum absolute atomic E-state index is 12.7. The SMILES string of the molecule is CCCN(Cc1ccc(C#N)cc1)C(=O)CCc1nc(-c2ccncc2)no1. The first-order valence-corrected chi connectivity index (χ1v) is 9.19. The predicted octanol–water partition coefficient (Wildman–Crippen LogP) is 3.37. The van der Waals surface area contributed by atoms with Gasteiger partial charge in [-0.1, -0.05) is 24.2 Å². The molecule has 0 atom stereocenters. The van der Waals surface area contributed by atoms with E-state index in [1.54, 1.807) is 36.7 Å². The van der Waals surface area contributed by atoms with Crippen LogP contribution in [0, 0.1) is 11.3 Å². The highest BCUT2D eigenvalue weighted by atomic mass is 16.5. The van der Waals surface area contributed by atoms with Gasteiger partial charge in [0.25, 0.3) is 0 Å². The molecule has 0 fully saturated rings. The summed E-state index contributed by atoms with van der Waals surface area (Å²) in [6, 6.07) is 13.0. The van der Waals surface area contributed by atoms with E-state index in [1.807, 2.05) is 24.0 Å². The summed E-state index contributed by atoms with van der Waals surface area (Å²) in [6.45, 7) is 3.23. The maximum Gasteiger partial charge on any atom is 0.227 e. The zero-order chi connectivity index (χ0) is 19.8. The Labute approximate surface area is 163 Å². The van der Waals surface area contributed by atoms with Crippen molar-refractivity contribution in [1.29, 1.82) is 5.26 Å². The number of aryl methyl sites for hydroxylation is 1. The van der Waals surface area contributed by atoms with Crippen LogP contribution in [0.5, 0.6) is 0 Å². The minimum absolute atomic E-state index is 0.0369. The van der Waals surface area contributed by atoms with Crippen LogP contribution in [0.3, 0.4) is 0 Å². The molecule has 0 saturated heterocycles. The van der Waals surface area contributed by atoms with Crippen molar-refractivity contribution in [2.75, 3.05) is 6.54 Å². The lowest BCUT2D eigenvalue weighted by Gasteiger charge is -2.22. The fourth-order valence-corrected chi connectivity index (χ4v) is 2.81. The normalized spacial score (nSPS) is 10.4. The molecule has 2 aromatic heterocycles. The fourth-order valence-electron chi connectivity index (χ4n) is 2.81. The fraction of sp³-hybridized carbons (Fsp3) is 0.286. The molecule has 1 aromatic carbocycles. The number of nitriles is 1. The van der Waals surface area contributed by atoms with Crippen molar-refractivity contribution in [2.24, 2.45) is 0 Å². The van der Waals surface area contributed by atoms with Gasteiger partial charge in [-0.3, -0.25) is 9.78 Å². The second-order valence-corrected chi connectivity index (χ2v) is 6.37. The molecule has 28 heavy (non-hydrogen) atoms. The van der Waals surface area contributed by atoms with Crippen LogP contribution in [0.1, 0.15) is 36.8 Å². The van der Waals surface area contributed by atoms with Gasteiger partial charge >= 0.3 is 0 Å². The number of aromatic nitrogens is 3. The Morgan fingerprint density at radius 2 is 1.93 bits per heavy atom. The second-order valence-electron chi connectivity index (χ2n) is 6.37. The van der Waals surface area contributed by atoms with E-state index in [9.17, 15) is 4.79 Å². The molecule has 3 aromatic rings. The van der Waals surface area contributed by atoms with Crippen LogP contribution in [-0.4, -0.2) is 32.5 Å². The Hall–Kier alpha value is -3.53. The third kappa shape index (κ3) is 5.01. The average molecular weight is 375 g/mol. The molecule has 2 heterocycles. The quantitative estimate of drug-likeness (QED) is 0.599. The summed E-state index contributed by atoms with van der Waals surface area (Å²) in [5.74, 6) is 0.970. The Morgan fingerprint density at radius 1 is 1.18 bits per heavy atom. The van der Waals surface area contributed by atoms with Crippen LogP contribution in [0.15, 0.2) is 53.3 Å². The molecule has 0 aliphatic rings. The minimum Gasteiger partial charge on any atom is -0.339 e. The Morgan fingerprint density at radius 3 is 2.61 bits per heavy atom. The molecule has 1 amide bonds. The molecule has 7 heteroatoms. The summed E-state index contributed by atoms with van der Waals surface area (Å²) in [5.41, 5.74) is 2.43. The van der Waals surface area contributed by atoms with Gasteiger partial charge in [0, 0.05) is 43.9 Å². The first-order valence-electron chi connectivity index (χ1n) is 9.19. The lowest BCUT2D eigenvalue weighted by Crippen LogP contribution is -2.31. The molecule has 0 aliphatic heterocycles. The van der Waals surface area contributed by atoms with Gasteiger partial charge in [-0.2, -0.15) is 10.2 Å². The molecule has 0 spiro atoms. The number of rotatable bonds is 8. The number of carbonyl (C=O) groups is 1. The Kier molecular flexibility index (Phi) is 6.47. The van der Waals surface area contributed by atoms with Crippen molar-refractivity contribution < 1.29 is 9.32 Å². The molecule has 3 rings (SSSR count). The number of nitrogens with zero attached hydrogens (tertiary/aromatic N) is 5. The number of amides is 1. The van der Waals surface area contributed by atoms with Gasteiger partial charge in [0.05, 0.1) is 11.6 Å². The molecule has 0 N–H and O–H groups in total. The lowest BCUT2D eigenvalue weighted by molar-refractivity contribution is -0.131. The van der Waals surface area contributed by atoms with Crippen molar-refractivity contribution in [2.45, 2.75) is 32.7 Å². The maximum atomic E-state index is 12.7. The highest BCUT2D eigenvalue weighted by molar-refractivity contribution is 5.76.